The van der Waals surface area contributed by atoms with Crippen LogP contribution in [0, 0.1) is 0 Å². The first kappa shape index (κ1) is 27.4. The number of nitrogens with one attached hydrogen (secondary N) is 3. The van der Waals surface area contributed by atoms with Gasteiger partial charge < -0.3 is 10.1 Å². The summed E-state index contributed by atoms with van der Waals surface area (Å²) in [4.78, 5) is 0. The number of hydrazine groups is 2. The monoisotopic (exact) mass is 496 g/mol. The smallest absolute Gasteiger partial charge is 0.191 e. The minimum Gasteiger partial charge on any atom is -0.496 e. The van der Waals surface area contributed by atoms with Crippen LogP contribution in [0.25, 0.3) is 16.9 Å². The van der Waals surface area contributed by atoms with E-state index in [1.165, 1.54) is 0 Å². The molecule has 0 unspecified atom stereocenters. The van der Waals surface area contributed by atoms with Crippen LogP contribution < -0.4 is 26.0 Å². The first-order valence-corrected chi connectivity index (χ1v) is 12.9. The molecule has 3 N–H and O–H groups in total. The molecule has 0 amide bonds. The Hall–Kier alpha value is -3.17. The molecule has 0 radical (unpaired) electrons. The van der Waals surface area contributed by atoms with Gasteiger partial charge in [0.2, 0.25) is 0 Å². The molecule has 0 spiro atoms. The summed E-state index contributed by atoms with van der Waals surface area (Å²) in [5, 5.41) is 19.3. The second-order valence-electron chi connectivity index (χ2n) is 9.86. The molecule has 0 saturated carbocycles. The summed E-state index contributed by atoms with van der Waals surface area (Å²) < 4.78 is 7.46. The number of anilines is 2. The molecule has 0 aliphatic carbocycles. The average Bonchev–Trinajstić information content (AvgIpc) is 3.54. The zero-order valence-corrected chi connectivity index (χ0v) is 23.2. The highest BCUT2D eigenvalue weighted by Crippen LogP contribution is 2.38. The lowest BCUT2D eigenvalue weighted by atomic mass is 9.79. The van der Waals surface area contributed by atoms with E-state index in [4.69, 9.17) is 4.74 Å². The number of methoxy groups -OCH3 is 1. The van der Waals surface area contributed by atoms with Gasteiger partial charge in [0.1, 0.15) is 5.75 Å². The van der Waals surface area contributed by atoms with Crippen molar-refractivity contribution in [3.8, 4) is 22.7 Å². The Balaban J connectivity index is 0.000000919. The maximum atomic E-state index is 5.66. The number of ether oxygens (including phenoxy) is 1. The predicted molar refractivity (Wildman–Crippen MR) is 150 cm³/mol. The number of hydrogen-bond donors (Lipinski definition) is 3. The Kier molecular flexibility index (Phi) is 8.58. The van der Waals surface area contributed by atoms with E-state index in [0.29, 0.717) is 0 Å². The molecule has 9 heteroatoms. The number of hydrogen-bond acceptors (Lipinski definition) is 8. The average molecular weight is 497 g/mol. The maximum absolute atomic E-state index is 5.66. The van der Waals surface area contributed by atoms with Gasteiger partial charge >= 0.3 is 0 Å². The van der Waals surface area contributed by atoms with Crippen molar-refractivity contribution in [3.63, 3.8) is 0 Å². The lowest BCUT2D eigenvalue weighted by molar-refractivity contribution is 0.155. The van der Waals surface area contributed by atoms with Crippen molar-refractivity contribution in [2.24, 2.45) is 0 Å². The van der Waals surface area contributed by atoms with Gasteiger partial charge in [-0.2, -0.15) is 5.10 Å². The van der Waals surface area contributed by atoms with E-state index in [-0.39, 0.29) is 18.5 Å². The molecule has 9 nitrogen and oxygen atoms in total. The Labute approximate surface area is 217 Å². The van der Waals surface area contributed by atoms with Crippen molar-refractivity contribution < 1.29 is 6.16 Å². The highest BCUT2D eigenvalue weighted by atomic mass is 16.5. The van der Waals surface area contributed by atoms with Gasteiger partial charge in [-0.3, -0.25) is 10.4 Å². The molecule has 36 heavy (non-hydrogen) atoms. The van der Waals surface area contributed by atoms with Crippen molar-refractivity contribution in [2.75, 3.05) is 17.5 Å². The van der Waals surface area contributed by atoms with Crippen molar-refractivity contribution in [3.05, 3.63) is 42.7 Å². The van der Waals surface area contributed by atoms with Crippen molar-refractivity contribution in [1.82, 2.24) is 30.8 Å². The van der Waals surface area contributed by atoms with Gasteiger partial charge in [-0.15, -0.1) is 15.7 Å². The second kappa shape index (κ2) is 11.3. The standard InChI is InChI=1S/C23H30N8O.2C2H6.H2/c1-22(2)13-16(14-23(3,4)28-22)31-21-19(26-29-31)12-18(25-27-21)17-8-7-15(11-20(17)32-5)30-10-6-9-24-30;2*1-2;/h6-12,16,26,28-29H,13-14H2,1-5H3;2*1-2H3;1H. The Morgan fingerprint density at radius 1 is 1.00 bits per heavy atom. The first-order valence-electron chi connectivity index (χ1n) is 12.9. The zero-order valence-electron chi connectivity index (χ0n) is 23.2. The summed E-state index contributed by atoms with van der Waals surface area (Å²) >= 11 is 0. The van der Waals surface area contributed by atoms with Crippen LogP contribution in [0.15, 0.2) is 42.7 Å². The van der Waals surface area contributed by atoms with Gasteiger partial charge in [0, 0.05) is 36.5 Å². The number of aromatic nitrogens is 4. The number of fused-ring (bicyclic) bond motifs is 1. The van der Waals surface area contributed by atoms with Crippen molar-refractivity contribution >= 4 is 11.5 Å². The fraction of sp³-hybridized carbons (Fsp3) is 0.519. The van der Waals surface area contributed by atoms with E-state index in [1.807, 2.05) is 64.2 Å². The first-order chi connectivity index (χ1) is 17.2. The van der Waals surface area contributed by atoms with Crippen LogP contribution in [0.2, 0.25) is 0 Å². The lowest BCUT2D eigenvalue weighted by Crippen LogP contribution is -2.63. The summed E-state index contributed by atoms with van der Waals surface area (Å²) in [7, 11) is 1.66. The van der Waals surface area contributed by atoms with E-state index < -0.39 is 0 Å². The van der Waals surface area contributed by atoms with E-state index in [1.54, 1.807) is 18.0 Å². The molecule has 0 atom stereocenters. The highest BCUT2D eigenvalue weighted by molar-refractivity contribution is 5.77. The largest absolute Gasteiger partial charge is 0.496 e. The number of benzene rings is 1. The second-order valence-corrected chi connectivity index (χ2v) is 9.86. The van der Waals surface area contributed by atoms with Gasteiger partial charge in [-0.05, 0) is 64.8 Å². The topological polar surface area (TPSA) is 92.2 Å². The Morgan fingerprint density at radius 3 is 2.31 bits per heavy atom. The molecule has 2 aliphatic heterocycles. The van der Waals surface area contributed by atoms with Crippen LogP contribution in [-0.2, 0) is 0 Å². The molecular formula is C27H44N8O. The number of nitrogens with zero attached hydrogens (tertiary/aromatic N) is 5. The van der Waals surface area contributed by atoms with E-state index in [2.05, 4.69) is 64.3 Å². The molecule has 1 fully saturated rings. The molecule has 3 aromatic rings. The maximum Gasteiger partial charge on any atom is 0.191 e. The third-order valence-electron chi connectivity index (χ3n) is 6.08. The SMILES string of the molecule is CC.CC.COc1cc(-n2cccn2)ccc1-c1cc2c(nn1)N(C1CC(C)(C)NC(C)(C)C1)NN2.[HH]. The lowest BCUT2D eigenvalue weighted by Gasteiger charge is -2.48. The third-order valence-corrected chi connectivity index (χ3v) is 6.08. The van der Waals surface area contributed by atoms with Crippen LogP contribution >= 0.6 is 0 Å². The van der Waals surface area contributed by atoms with Gasteiger partial charge in [-0.25, -0.2) is 4.68 Å². The number of rotatable bonds is 4. The predicted octanol–water partition coefficient (Wildman–Crippen LogP) is 5.60. The minimum absolute atomic E-state index is 0. The van der Waals surface area contributed by atoms with Crippen LogP contribution in [0.3, 0.4) is 0 Å². The fourth-order valence-corrected chi connectivity index (χ4v) is 5.13. The van der Waals surface area contributed by atoms with E-state index >= 15 is 0 Å². The van der Waals surface area contributed by atoms with E-state index in [9.17, 15) is 0 Å². The summed E-state index contributed by atoms with van der Waals surface area (Å²) in [5.41, 5.74) is 10.1. The summed E-state index contributed by atoms with van der Waals surface area (Å²) in [5.74, 6) is 1.54. The van der Waals surface area contributed by atoms with Gasteiger partial charge in [-0.1, -0.05) is 27.7 Å². The summed E-state index contributed by atoms with van der Waals surface area (Å²) in [6.45, 7) is 17.0. The minimum atomic E-state index is 0. The highest BCUT2D eigenvalue weighted by Gasteiger charge is 2.42. The molecule has 5 rings (SSSR count). The molecule has 1 saturated heterocycles. The van der Waals surface area contributed by atoms with E-state index in [0.717, 1.165) is 47.0 Å². The molecule has 1 aromatic carbocycles. The van der Waals surface area contributed by atoms with Gasteiger partial charge in [0.05, 0.1) is 30.2 Å². The summed E-state index contributed by atoms with van der Waals surface area (Å²) in [6.07, 6.45) is 5.64. The third kappa shape index (κ3) is 5.79. The number of piperidine rings is 1. The van der Waals surface area contributed by atoms with Gasteiger partial charge in [0.15, 0.2) is 5.82 Å². The van der Waals surface area contributed by atoms with Crippen molar-refractivity contribution in [2.45, 2.75) is 85.4 Å². The normalized spacial score (nSPS) is 17.6. The zero-order chi connectivity index (χ0) is 26.5. The molecular weight excluding hydrogens is 452 g/mol. The molecule has 2 aromatic heterocycles. The van der Waals surface area contributed by atoms with Crippen LogP contribution in [0.5, 0.6) is 5.75 Å². The molecule has 2 aliphatic rings. The van der Waals surface area contributed by atoms with Crippen LogP contribution in [-0.4, -0.2) is 44.2 Å². The van der Waals surface area contributed by atoms with Crippen LogP contribution in [0.1, 0.15) is 69.7 Å². The Morgan fingerprint density at radius 2 is 1.69 bits per heavy atom. The summed E-state index contributed by atoms with van der Waals surface area (Å²) in [6, 6.07) is 10.1. The van der Waals surface area contributed by atoms with Gasteiger partial charge in [0.25, 0.3) is 0 Å². The molecule has 4 heterocycles. The Bertz CT molecular complexity index is 1120. The molecule has 198 valence electrons. The van der Waals surface area contributed by atoms with Crippen molar-refractivity contribution in [1.29, 1.82) is 0 Å². The molecule has 0 bridgehead atoms. The van der Waals surface area contributed by atoms with Crippen LogP contribution in [0.4, 0.5) is 11.5 Å². The fourth-order valence-electron chi connectivity index (χ4n) is 5.13. The quantitative estimate of drug-likeness (QED) is 0.430.